The van der Waals surface area contributed by atoms with Crippen molar-refractivity contribution in [3.63, 3.8) is 0 Å². The van der Waals surface area contributed by atoms with Crippen LogP contribution in [0.2, 0.25) is 0 Å². The number of rotatable bonds is 6. The van der Waals surface area contributed by atoms with Crippen LogP contribution in [0.15, 0.2) is 176 Å². The third kappa shape index (κ3) is 8.84. The molecule has 0 aliphatic carbocycles. The minimum Gasteiger partial charge on any atom is -0.353 e. The van der Waals surface area contributed by atoms with E-state index in [1.165, 1.54) is 89.1 Å². The zero-order valence-corrected chi connectivity index (χ0v) is 48.1. The van der Waals surface area contributed by atoms with E-state index in [4.69, 9.17) is 0 Å². The molecule has 0 saturated heterocycles. The number of aromatic nitrogens is 1. The Bertz CT molecular complexity index is 3580. The number of anilines is 9. The van der Waals surface area contributed by atoms with E-state index in [9.17, 15) is 0 Å². The summed E-state index contributed by atoms with van der Waals surface area (Å²) in [5, 5.41) is 1.24. The Kier molecular flexibility index (Phi) is 12.0. The molecule has 384 valence electrons. The molecule has 1 aromatic heterocycles. The lowest BCUT2D eigenvalue weighted by Gasteiger charge is -2.44. The second kappa shape index (κ2) is 17.9. The van der Waals surface area contributed by atoms with E-state index in [-0.39, 0.29) is 33.8 Å². The average molecular weight is 997 g/mol. The van der Waals surface area contributed by atoms with Crippen molar-refractivity contribution in [1.29, 1.82) is 0 Å². The third-order valence-electron chi connectivity index (χ3n) is 16.4. The van der Waals surface area contributed by atoms with Gasteiger partial charge in [0.25, 0.3) is 6.71 Å². The van der Waals surface area contributed by atoms with Crippen molar-refractivity contribution in [3.05, 3.63) is 204 Å². The predicted octanol–water partition coefficient (Wildman–Crippen LogP) is 17.9. The lowest BCUT2D eigenvalue weighted by molar-refractivity contribution is 0.590. The van der Waals surface area contributed by atoms with Crippen LogP contribution < -0.4 is 31.2 Å². The molecule has 4 nitrogen and oxygen atoms in total. The summed E-state index contributed by atoms with van der Waals surface area (Å²) in [5.41, 5.74) is 24.8. The van der Waals surface area contributed by atoms with Gasteiger partial charge in [0.1, 0.15) is 0 Å². The summed E-state index contributed by atoms with van der Waals surface area (Å²) >= 11 is 0. The second-order valence-corrected chi connectivity index (χ2v) is 26.9. The Morgan fingerprint density at radius 3 is 1.22 bits per heavy atom. The first-order chi connectivity index (χ1) is 35.8. The van der Waals surface area contributed by atoms with Crippen molar-refractivity contribution in [3.8, 4) is 11.1 Å². The number of aryl methyl sites for hydroxylation is 1. The molecule has 2 aliphatic heterocycles. The van der Waals surface area contributed by atoms with Gasteiger partial charge in [-0.1, -0.05) is 195 Å². The molecule has 8 aromatic carbocycles. The molecule has 5 heteroatoms. The third-order valence-corrected chi connectivity index (χ3v) is 16.4. The van der Waals surface area contributed by atoms with Gasteiger partial charge >= 0.3 is 0 Å². The van der Waals surface area contributed by atoms with Gasteiger partial charge in [-0.05, 0) is 162 Å². The largest absolute Gasteiger partial charge is 0.353 e. The molecule has 0 radical (unpaired) electrons. The van der Waals surface area contributed by atoms with Gasteiger partial charge in [0, 0.05) is 69.0 Å². The molecule has 0 spiro atoms. The molecule has 0 saturated carbocycles. The molecule has 11 rings (SSSR count). The maximum atomic E-state index is 2.58. The van der Waals surface area contributed by atoms with Crippen molar-refractivity contribution in [2.45, 2.75) is 131 Å². The van der Waals surface area contributed by atoms with Gasteiger partial charge in [-0.15, -0.1) is 0 Å². The highest BCUT2D eigenvalue weighted by atomic mass is 15.2. The number of nitrogens with zero attached hydrogens (tertiary/aromatic N) is 4. The number of fused-ring (bicyclic) bond motifs is 6. The Morgan fingerprint density at radius 2 is 0.763 bits per heavy atom. The van der Waals surface area contributed by atoms with E-state index in [1.807, 2.05) is 0 Å². The highest BCUT2D eigenvalue weighted by Crippen LogP contribution is 2.49. The van der Waals surface area contributed by atoms with Crippen LogP contribution in [-0.4, -0.2) is 11.3 Å². The first kappa shape index (κ1) is 50.9. The van der Waals surface area contributed by atoms with E-state index in [0.29, 0.717) is 0 Å². The van der Waals surface area contributed by atoms with Gasteiger partial charge in [0.2, 0.25) is 0 Å². The summed E-state index contributed by atoms with van der Waals surface area (Å²) in [6.07, 6.45) is 0. The van der Waals surface area contributed by atoms with Crippen molar-refractivity contribution in [2.24, 2.45) is 7.05 Å². The van der Waals surface area contributed by atoms with Crippen LogP contribution in [-0.2, 0) is 34.1 Å². The van der Waals surface area contributed by atoms with Gasteiger partial charge in [0.15, 0.2) is 0 Å². The molecule has 0 amide bonds. The van der Waals surface area contributed by atoms with E-state index in [1.54, 1.807) is 0 Å². The van der Waals surface area contributed by atoms with Crippen molar-refractivity contribution in [2.75, 3.05) is 14.7 Å². The van der Waals surface area contributed by atoms with E-state index < -0.39 is 0 Å². The zero-order chi connectivity index (χ0) is 54.0. The van der Waals surface area contributed by atoms with Crippen molar-refractivity contribution in [1.82, 2.24) is 4.57 Å². The summed E-state index contributed by atoms with van der Waals surface area (Å²) < 4.78 is 2.50. The predicted molar refractivity (Wildman–Crippen MR) is 331 cm³/mol. The second-order valence-electron chi connectivity index (χ2n) is 26.9. The van der Waals surface area contributed by atoms with E-state index in [0.717, 1.165) is 28.4 Å². The van der Waals surface area contributed by atoms with Crippen molar-refractivity contribution < 1.29 is 0 Å². The summed E-state index contributed by atoms with van der Waals surface area (Å²) in [7, 11) is 2.29. The molecule has 3 heterocycles. The highest BCUT2D eigenvalue weighted by molar-refractivity contribution is 7.00. The zero-order valence-electron chi connectivity index (χ0n) is 48.1. The Balaban J connectivity index is 1.18. The molecule has 9 aromatic rings. The molecular weight excluding hydrogens is 920 g/mol. The maximum absolute atomic E-state index is 2.58. The van der Waals surface area contributed by atoms with Crippen LogP contribution in [0.3, 0.4) is 0 Å². The first-order valence-electron chi connectivity index (χ1n) is 27.6. The van der Waals surface area contributed by atoms with Crippen LogP contribution in [0.4, 0.5) is 51.2 Å². The SMILES string of the molecule is Cn1c2c(c3cc(-c4ccc(C(C)(C)C)cc4)ccc31)N(c1ccc(C(C)(C)C)cc1)c1cccc3c1B2c1ccc(N(c2ccc(C(C)(C)C)cc2)c2ccc(C(C)(C)C)cc2)cc1N3c1ccc(C(C)(C)C)cc1. The molecule has 0 unspecified atom stereocenters. The molecule has 0 fully saturated rings. The van der Waals surface area contributed by atoms with Gasteiger partial charge in [-0.3, -0.25) is 0 Å². The fourth-order valence-corrected chi connectivity index (χ4v) is 11.8. The van der Waals surface area contributed by atoms with Crippen LogP contribution in [0, 0.1) is 0 Å². The number of hydrogen-bond acceptors (Lipinski definition) is 3. The fraction of sp³-hybridized carbons (Fsp3) is 0.296. The lowest BCUT2D eigenvalue weighted by Crippen LogP contribution is -2.62. The minimum atomic E-state index is -0.0713. The van der Waals surface area contributed by atoms with Crippen LogP contribution in [0.1, 0.15) is 132 Å². The average Bonchev–Trinajstić information content (AvgIpc) is 3.91. The Morgan fingerprint density at radius 1 is 0.368 bits per heavy atom. The topological polar surface area (TPSA) is 14.7 Å². The smallest absolute Gasteiger partial charge is 0.272 e. The summed E-state index contributed by atoms with van der Waals surface area (Å²) in [6.45, 7) is 34.3. The monoisotopic (exact) mass is 997 g/mol. The highest BCUT2D eigenvalue weighted by Gasteiger charge is 2.46. The number of benzene rings is 8. The molecule has 0 atom stereocenters. The van der Waals surface area contributed by atoms with Gasteiger partial charge < -0.3 is 19.3 Å². The van der Waals surface area contributed by atoms with Gasteiger partial charge in [-0.25, -0.2) is 0 Å². The minimum absolute atomic E-state index is 0.0117. The molecular formula is C71H77BN4. The van der Waals surface area contributed by atoms with E-state index in [2.05, 4.69) is 306 Å². The molecule has 76 heavy (non-hydrogen) atoms. The van der Waals surface area contributed by atoms with Crippen LogP contribution >= 0.6 is 0 Å². The fourth-order valence-electron chi connectivity index (χ4n) is 11.8. The quantitative estimate of drug-likeness (QED) is 0.154. The molecule has 0 N–H and O–H groups in total. The summed E-state index contributed by atoms with van der Waals surface area (Å²) in [6, 6.07) is 67.8. The first-order valence-corrected chi connectivity index (χ1v) is 27.6. The number of hydrogen-bond donors (Lipinski definition) is 0. The van der Waals surface area contributed by atoms with Crippen LogP contribution in [0.25, 0.3) is 22.0 Å². The summed E-state index contributed by atoms with van der Waals surface area (Å²) in [4.78, 5) is 7.59. The Labute approximate surface area is 455 Å². The van der Waals surface area contributed by atoms with Gasteiger partial charge in [-0.2, -0.15) is 0 Å². The molecule has 2 aliphatic rings. The standard InChI is InChI=1S/C71H77BN4/c1-67(2,3)48-23-20-46(21-24-48)47-22-43-60-58(44-47)65-66(73(60)16)72-59-42-41-57(74(53-33-25-49(26-34-53)68(4,5)6)54-35-27-50(28-36-54)69(7,8)9)45-63(59)75(55-37-29-51(30-38-55)70(10,11)12)61-18-17-19-62(64(61)72)76(65)56-39-31-52(32-40-56)71(13,14)15/h17-45H,1-16H3. The normalized spacial score (nSPS) is 13.7. The van der Waals surface area contributed by atoms with Crippen molar-refractivity contribution >= 4 is 85.3 Å². The van der Waals surface area contributed by atoms with Gasteiger partial charge in [0.05, 0.1) is 5.69 Å². The lowest BCUT2D eigenvalue weighted by atomic mass is 9.35. The molecule has 0 bridgehead atoms. The maximum Gasteiger partial charge on any atom is 0.272 e. The van der Waals surface area contributed by atoms with Crippen LogP contribution in [0.5, 0.6) is 0 Å². The van der Waals surface area contributed by atoms with E-state index >= 15 is 0 Å². The summed E-state index contributed by atoms with van der Waals surface area (Å²) in [5.74, 6) is 0. The Hall–Kier alpha value is -7.24.